The normalized spacial score (nSPS) is 11.2. The van der Waals surface area contributed by atoms with Crippen LogP contribution < -0.4 is 5.32 Å². The molecule has 5 heteroatoms. The van der Waals surface area contributed by atoms with E-state index in [1.54, 1.807) is 12.3 Å². The largest absolute Gasteiger partial charge is 0.313 e. The SMILES string of the molecule is CNCc1ncc2cc3cccc(F)c3nc2n1. The third kappa shape index (κ3) is 1.78. The summed E-state index contributed by atoms with van der Waals surface area (Å²) in [6, 6.07) is 6.74. The molecule has 18 heavy (non-hydrogen) atoms. The van der Waals surface area contributed by atoms with E-state index in [1.807, 2.05) is 19.2 Å². The monoisotopic (exact) mass is 242 g/mol. The topological polar surface area (TPSA) is 50.7 Å². The van der Waals surface area contributed by atoms with Crippen molar-refractivity contribution in [2.24, 2.45) is 0 Å². The number of rotatable bonds is 2. The summed E-state index contributed by atoms with van der Waals surface area (Å²) >= 11 is 0. The molecule has 3 rings (SSSR count). The minimum atomic E-state index is -0.330. The molecular weight excluding hydrogens is 231 g/mol. The number of halogens is 1. The molecule has 0 saturated carbocycles. The highest BCUT2D eigenvalue weighted by atomic mass is 19.1. The van der Waals surface area contributed by atoms with Crippen LogP contribution in [0.25, 0.3) is 21.9 Å². The number of fused-ring (bicyclic) bond motifs is 2. The number of nitrogens with one attached hydrogen (secondary N) is 1. The van der Waals surface area contributed by atoms with Crippen LogP contribution in [0.5, 0.6) is 0 Å². The van der Waals surface area contributed by atoms with Crippen molar-refractivity contribution in [3.05, 3.63) is 42.1 Å². The number of aromatic nitrogens is 3. The summed E-state index contributed by atoms with van der Waals surface area (Å²) in [6.45, 7) is 0.562. The standard InChI is InChI=1S/C13H11FN4/c1-15-7-11-16-6-9-5-8-3-2-4-10(14)12(8)18-13(9)17-11/h2-6,15H,7H2,1H3. The second kappa shape index (κ2) is 4.27. The summed E-state index contributed by atoms with van der Waals surface area (Å²) in [6.07, 6.45) is 1.71. The Hall–Kier alpha value is -2.14. The molecule has 0 saturated heterocycles. The number of nitrogens with zero attached hydrogens (tertiary/aromatic N) is 3. The van der Waals surface area contributed by atoms with E-state index in [2.05, 4.69) is 20.3 Å². The van der Waals surface area contributed by atoms with Crippen LogP contribution in [0.3, 0.4) is 0 Å². The average molecular weight is 242 g/mol. The summed E-state index contributed by atoms with van der Waals surface area (Å²) in [5, 5.41) is 4.54. The van der Waals surface area contributed by atoms with E-state index in [9.17, 15) is 4.39 Å². The van der Waals surface area contributed by atoms with Gasteiger partial charge >= 0.3 is 0 Å². The first-order valence-corrected chi connectivity index (χ1v) is 5.63. The van der Waals surface area contributed by atoms with Crippen molar-refractivity contribution in [1.29, 1.82) is 0 Å². The first-order chi connectivity index (χ1) is 8.78. The Morgan fingerprint density at radius 3 is 2.94 bits per heavy atom. The van der Waals surface area contributed by atoms with Crippen LogP contribution in [0.15, 0.2) is 30.5 Å². The molecule has 90 valence electrons. The zero-order valence-electron chi connectivity index (χ0n) is 9.81. The van der Waals surface area contributed by atoms with Crippen molar-refractivity contribution in [2.45, 2.75) is 6.54 Å². The van der Waals surface area contributed by atoms with Gasteiger partial charge in [-0.15, -0.1) is 0 Å². The summed E-state index contributed by atoms with van der Waals surface area (Å²) in [5.41, 5.74) is 0.868. The average Bonchev–Trinajstić information content (AvgIpc) is 2.38. The first-order valence-electron chi connectivity index (χ1n) is 5.63. The highest BCUT2D eigenvalue weighted by Gasteiger charge is 2.06. The second-order valence-corrected chi connectivity index (χ2v) is 4.03. The fraction of sp³-hybridized carbons (Fsp3) is 0.154. The van der Waals surface area contributed by atoms with Crippen molar-refractivity contribution in [3.8, 4) is 0 Å². The molecule has 0 fully saturated rings. The number of hydrogen-bond donors (Lipinski definition) is 1. The van der Waals surface area contributed by atoms with Crippen molar-refractivity contribution < 1.29 is 4.39 Å². The molecule has 0 amide bonds. The zero-order chi connectivity index (χ0) is 12.5. The van der Waals surface area contributed by atoms with Gasteiger partial charge in [-0.2, -0.15) is 0 Å². The lowest BCUT2D eigenvalue weighted by Crippen LogP contribution is -2.09. The van der Waals surface area contributed by atoms with Crippen molar-refractivity contribution in [1.82, 2.24) is 20.3 Å². The lowest BCUT2D eigenvalue weighted by atomic mass is 10.2. The molecular formula is C13H11FN4. The highest BCUT2D eigenvalue weighted by molar-refractivity contribution is 5.90. The number of pyridine rings is 1. The quantitative estimate of drug-likeness (QED) is 0.699. The van der Waals surface area contributed by atoms with E-state index in [-0.39, 0.29) is 5.82 Å². The Labute approximate surface area is 103 Å². The maximum absolute atomic E-state index is 13.6. The number of hydrogen-bond acceptors (Lipinski definition) is 4. The van der Waals surface area contributed by atoms with Gasteiger partial charge in [-0.05, 0) is 19.2 Å². The van der Waals surface area contributed by atoms with Crippen molar-refractivity contribution in [3.63, 3.8) is 0 Å². The number of para-hydroxylation sites is 1. The summed E-state index contributed by atoms with van der Waals surface area (Å²) in [7, 11) is 1.82. The lowest BCUT2D eigenvalue weighted by molar-refractivity contribution is 0.637. The maximum Gasteiger partial charge on any atom is 0.163 e. The van der Waals surface area contributed by atoms with Crippen molar-refractivity contribution in [2.75, 3.05) is 7.05 Å². The van der Waals surface area contributed by atoms with Gasteiger partial charge in [-0.3, -0.25) is 0 Å². The van der Waals surface area contributed by atoms with Crippen LogP contribution in [0.2, 0.25) is 0 Å². The van der Waals surface area contributed by atoms with Gasteiger partial charge in [0.25, 0.3) is 0 Å². The first kappa shape index (κ1) is 11.0. The minimum absolute atomic E-state index is 0.330. The van der Waals surface area contributed by atoms with Crippen LogP contribution in [-0.2, 0) is 6.54 Å². The molecule has 0 atom stereocenters. The fourth-order valence-corrected chi connectivity index (χ4v) is 1.89. The summed E-state index contributed by atoms with van der Waals surface area (Å²) in [5.74, 6) is 0.316. The smallest absolute Gasteiger partial charge is 0.163 e. The Balaban J connectivity index is 2.28. The second-order valence-electron chi connectivity index (χ2n) is 4.03. The molecule has 2 aromatic heterocycles. The molecule has 0 aliphatic heterocycles. The fourth-order valence-electron chi connectivity index (χ4n) is 1.89. The zero-order valence-corrected chi connectivity index (χ0v) is 9.81. The molecule has 1 aromatic carbocycles. The highest BCUT2D eigenvalue weighted by Crippen LogP contribution is 2.20. The van der Waals surface area contributed by atoms with Crippen molar-refractivity contribution >= 4 is 21.9 Å². The molecule has 4 nitrogen and oxygen atoms in total. The van der Waals surface area contributed by atoms with E-state index in [0.717, 1.165) is 10.8 Å². The van der Waals surface area contributed by atoms with Gasteiger partial charge in [0.05, 0.1) is 6.54 Å². The molecule has 0 radical (unpaired) electrons. The molecule has 1 N–H and O–H groups in total. The van der Waals surface area contributed by atoms with E-state index in [0.29, 0.717) is 23.5 Å². The van der Waals surface area contributed by atoms with E-state index < -0.39 is 0 Å². The van der Waals surface area contributed by atoms with Gasteiger partial charge < -0.3 is 5.32 Å². The molecule has 0 aliphatic carbocycles. The number of benzene rings is 1. The third-order valence-corrected chi connectivity index (χ3v) is 2.73. The Morgan fingerprint density at radius 1 is 1.22 bits per heavy atom. The third-order valence-electron chi connectivity index (χ3n) is 2.73. The van der Waals surface area contributed by atoms with Gasteiger partial charge in [0, 0.05) is 17.0 Å². The predicted octanol–water partition coefficient (Wildman–Crippen LogP) is 2.04. The van der Waals surface area contributed by atoms with Crippen LogP contribution in [-0.4, -0.2) is 22.0 Å². The van der Waals surface area contributed by atoms with E-state index in [1.165, 1.54) is 6.07 Å². The van der Waals surface area contributed by atoms with Crippen LogP contribution in [0.4, 0.5) is 4.39 Å². The van der Waals surface area contributed by atoms with E-state index in [4.69, 9.17) is 0 Å². The molecule has 3 aromatic rings. The lowest BCUT2D eigenvalue weighted by Gasteiger charge is -2.03. The Morgan fingerprint density at radius 2 is 2.11 bits per heavy atom. The summed E-state index contributed by atoms with van der Waals surface area (Å²) in [4.78, 5) is 12.8. The molecule has 0 bridgehead atoms. The van der Waals surface area contributed by atoms with Gasteiger partial charge in [-0.1, -0.05) is 12.1 Å². The van der Waals surface area contributed by atoms with E-state index >= 15 is 0 Å². The van der Waals surface area contributed by atoms with Gasteiger partial charge in [0.2, 0.25) is 0 Å². The maximum atomic E-state index is 13.6. The molecule has 0 unspecified atom stereocenters. The minimum Gasteiger partial charge on any atom is -0.313 e. The Kier molecular flexibility index (Phi) is 2.60. The predicted molar refractivity (Wildman–Crippen MR) is 67.6 cm³/mol. The molecule has 0 aliphatic rings. The van der Waals surface area contributed by atoms with Crippen LogP contribution in [0.1, 0.15) is 5.82 Å². The van der Waals surface area contributed by atoms with Gasteiger partial charge in [0.1, 0.15) is 17.2 Å². The summed E-state index contributed by atoms with van der Waals surface area (Å²) < 4.78 is 13.6. The van der Waals surface area contributed by atoms with Gasteiger partial charge in [0.15, 0.2) is 5.65 Å². The van der Waals surface area contributed by atoms with Crippen LogP contribution in [0, 0.1) is 5.82 Å². The van der Waals surface area contributed by atoms with Gasteiger partial charge in [-0.25, -0.2) is 19.3 Å². The molecule has 2 heterocycles. The Bertz CT molecular complexity index is 727. The van der Waals surface area contributed by atoms with Crippen LogP contribution >= 0.6 is 0 Å². The molecule has 0 spiro atoms.